The van der Waals surface area contributed by atoms with E-state index in [-0.39, 0.29) is 24.1 Å². The number of hydrogen-bond acceptors (Lipinski definition) is 5. The van der Waals surface area contributed by atoms with Crippen LogP contribution >= 0.6 is 23.4 Å². The first-order valence-electron chi connectivity index (χ1n) is 7.60. The molecule has 132 valence electrons. The molecule has 0 aromatic heterocycles. The van der Waals surface area contributed by atoms with Gasteiger partial charge in [-0.1, -0.05) is 23.7 Å². The van der Waals surface area contributed by atoms with Crippen LogP contribution in [-0.2, 0) is 11.3 Å². The van der Waals surface area contributed by atoms with Gasteiger partial charge in [0.05, 0.1) is 11.4 Å². The molecule has 1 fully saturated rings. The lowest BCUT2D eigenvalue weighted by Crippen LogP contribution is -2.27. The molecule has 0 radical (unpaired) electrons. The van der Waals surface area contributed by atoms with Crippen molar-refractivity contribution in [2.75, 3.05) is 6.79 Å². The maximum atomic E-state index is 13.0. The van der Waals surface area contributed by atoms with E-state index in [4.69, 9.17) is 21.1 Å². The number of amides is 2. The van der Waals surface area contributed by atoms with Crippen LogP contribution in [0.15, 0.2) is 41.3 Å². The minimum Gasteiger partial charge on any atom is -0.454 e. The van der Waals surface area contributed by atoms with Gasteiger partial charge in [0.25, 0.3) is 11.1 Å². The number of fused-ring (bicyclic) bond motifs is 1. The molecule has 1 saturated heterocycles. The van der Waals surface area contributed by atoms with Crippen LogP contribution in [0.5, 0.6) is 11.5 Å². The minimum absolute atomic E-state index is 0.0287. The highest BCUT2D eigenvalue weighted by Gasteiger charge is 2.35. The fraction of sp³-hybridized carbons (Fsp3) is 0.111. The maximum absolute atomic E-state index is 13.0. The Bertz CT molecular complexity index is 945. The summed E-state index contributed by atoms with van der Waals surface area (Å²) in [7, 11) is 0. The number of halogens is 2. The third-order valence-corrected chi connectivity index (χ3v) is 5.17. The molecule has 0 N–H and O–H groups in total. The summed E-state index contributed by atoms with van der Waals surface area (Å²) in [5.74, 6) is 0.271. The van der Waals surface area contributed by atoms with E-state index >= 15 is 0 Å². The number of thioether (sulfide) groups is 1. The Balaban J connectivity index is 1.57. The van der Waals surface area contributed by atoms with E-state index in [1.807, 2.05) is 0 Å². The summed E-state index contributed by atoms with van der Waals surface area (Å²) in [6.45, 7) is 0.137. The third kappa shape index (κ3) is 3.15. The topological polar surface area (TPSA) is 55.8 Å². The van der Waals surface area contributed by atoms with E-state index in [2.05, 4.69) is 0 Å². The van der Waals surface area contributed by atoms with E-state index in [0.717, 1.165) is 16.7 Å². The molecule has 4 rings (SSSR count). The Morgan fingerprint density at radius 3 is 2.58 bits per heavy atom. The standard InChI is InChI=1S/C18H11ClFNO4S/c19-13-7-15-14(24-9-25-15)6-11(13)8-21-17(22)16(26-18(21)23)5-10-1-3-12(20)4-2-10/h1-7H,8-9H2. The zero-order valence-electron chi connectivity index (χ0n) is 13.2. The number of imide groups is 1. The molecule has 2 amide bonds. The summed E-state index contributed by atoms with van der Waals surface area (Å²) in [6, 6.07) is 8.94. The first kappa shape index (κ1) is 16.9. The first-order valence-corrected chi connectivity index (χ1v) is 8.79. The van der Waals surface area contributed by atoms with E-state index in [1.54, 1.807) is 18.2 Å². The van der Waals surface area contributed by atoms with Gasteiger partial charge >= 0.3 is 0 Å². The van der Waals surface area contributed by atoms with Gasteiger partial charge in [0.2, 0.25) is 6.79 Å². The largest absolute Gasteiger partial charge is 0.454 e. The molecule has 2 aliphatic heterocycles. The summed E-state index contributed by atoms with van der Waals surface area (Å²) >= 11 is 7.06. The highest BCUT2D eigenvalue weighted by atomic mass is 35.5. The second-order valence-electron chi connectivity index (χ2n) is 5.62. The van der Waals surface area contributed by atoms with Crippen molar-refractivity contribution >= 4 is 40.6 Å². The molecule has 2 aromatic rings. The first-order chi connectivity index (χ1) is 12.5. The molecule has 5 nitrogen and oxygen atoms in total. The molecule has 0 unspecified atom stereocenters. The monoisotopic (exact) mass is 391 g/mol. The number of rotatable bonds is 3. The number of carbonyl (C=O) groups is 2. The number of benzene rings is 2. The van der Waals surface area contributed by atoms with Crippen molar-refractivity contribution in [2.45, 2.75) is 6.54 Å². The molecule has 0 saturated carbocycles. The summed E-state index contributed by atoms with van der Waals surface area (Å²) < 4.78 is 23.5. The molecular weight excluding hydrogens is 381 g/mol. The molecule has 0 spiro atoms. The lowest BCUT2D eigenvalue weighted by atomic mass is 10.1. The van der Waals surface area contributed by atoms with Crippen LogP contribution in [0.1, 0.15) is 11.1 Å². The Kier molecular flexibility index (Phi) is 4.34. The minimum atomic E-state index is -0.418. The van der Waals surface area contributed by atoms with Crippen molar-refractivity contribution in [1.82, 2.24) is 4.90 Å². The van der Waals surface area contributed by atoms with E-state index in [0.29, 0.717) is 27.6 Å². The van der Waals surface area contributed by atoms with Gasteiger partial charge in [-0.15, -0.1) is 0 Å². The smallest absolute Gasteiger partial charge is 0.293 e. The SMILES string of the molecule is O=C1SC(=Cc2ccc(F)cc2)C(=O)N1Cc1cc2c(cc1Cl)OCO2. The van der Waals surface area contributed by atoms with Crippen molar-refractivity contribution in [1.29, 1.82) is 0 Å². The fourth-order valence-electron chi connectivity index (χ4n) is 2.60. The molecule has 0 atom stereocenters. The van der Waals surface area contributed by atoms with Gasteiger partial charge in [-0.25, -0.2) is 4.39 Å². The highest BCUT2D eigenvalue weighted by molar-refractivity contribution is 8.18. The molecule has 26 heavy (non-hydrogen) atoms. The van der Waals surface area contributed by atoms with Crippen LogP contribution in [0.3, 0.4) is 0 Å². The quantitative estimate of drug-likeness (QED) is 0.724. The number of hydrogen-bond donors (Lipinski definition) is 0. The van der Waals surface area contributed by atoms with Crippen molar-refractivity contribution < 1.29 is 23.5 Å². The van der Waals surface area contributed by atoms with Gasteiger partial charge in [-0.3, -0.25) is 14.5 Å². The zero-order chi connectivity index (χ0) is 18.3. The molecule has 8 heteroatoms. The predicted octanol–water partition coefficient (Wildman–Crippen LogP) is 4.44. The van der Waals surface area contributed by atoms with Crippen LogP contribution in [0.25, 0.3) is 6.08 Å². The summed E-state index contributed by atoms with van der Waals surface area (Å²) in [6.07, 6.45) is 1.56. The average Bonchev–Trinajstić information content (AvgIpc) is 3.16. The molecule has 2 aromatic carbocycles. The Hall–Kier alpha value is -2.51. The van der Waals surface area contributed by atoms with Crippen molar-refractivity contribution in [3.05, 3.63) is 63.3 Å². The van der Waals surface area contributed by atoms with Crippen LogP contribution in [-0.4, -0.2) is 22.8 Å². The van der Waals surface area contributed by atoms with E-state index in [1.165, 1.54) is 24.3 Å². The van der Waals surface area contributed by atoms with Crippen molar-refractivity contribution in [3.8, 4) is 11.5 Å². The lowest BCUT2D eigenvalue weighted by molar-refractivity contribution is -0.123. The number of carbonyl (C=O) groups excluding carboxylic acids is 2. The van der Waals surface area contributed by atoms with Gasteiger partial charge in [-0.05, 0) is 47.2 Å². The van der Waals surface area contributed by atoms with E-state index in [9.17, 15) is 14.0 Å². The zero-order valence-corrected chi connectivity index (χ0v) is 14.8. The maximum Gasteiger partial charge on any atom is 0.293 e. The van der Waals surface area contributed by atoms with Gasteiger partial charge < -0.3 is 9.47 Å². The highest BCUT2D eigenvalue weighted by Crippen LogP contribution is 2.39. The van der Waals surface area contributed by atoms with Gasteiger partial charge in [0.1, 0.15) is 5.82 Å². The van der Waals surface area contributed by atoms with Gasteiger partial charge in [0, 0.05) is 11.1 Å². The second-order valence-corrected chi connectivity index (χ2v) is 7.02. The predicted molar refractivity (Wildman–Crippen MR) is 95.5 cm³/mol. The molecule has 2 aliphatic rings. The summed E-state index contributed by atoms with van der Waals surface area (Å²) in [5.41, 5.74) is 1.22. The fourth-order valence-corrected chi connectivity index (χ4v) is 3.65. The van der Waals surface area contributed by atoms with Gasteiger partial charge in [0.15, 0.2) is 11.5 Å². The lowest BCUT2D eigenvalue weighted by Gasteiger charge is -2.14. The molecule has 2 heterocycles. The van der Waals surface area contributed by atoms with Crippen LogP contribution in [0.2, 0.25) is 5.02 Å². The van der Waals surface area contributed by atoms with Crippen LogP contribution in [0, 0.1) is 5.82 Å². The van der Waals surface area contributed by atoms with Crippen LogP contribution in [0.4, 0.5) is 9.18 Å². The average molecular weight is 392 g/mol. The molecule has 0 bridgehead atoms. The Morgan fingerprint density at radius 2 is 1.85 bits per heavy atom. The molecular formula is C18H11ClFNO4S. The second kappa shape index (κ2) is 6.66. The number of nitrogens with zero attached hydrogens (tertiary/aromatic N) is 1. The van der Waals surface area contributed by atoms with Crippen molar-refractivity contribution in [2.24, 2.45) is 0 Å². The summed E-state index contributed by atoms with van der Waals surface area (Å²) in [4.78, 5) is 26.2. The van der Waals surface area contributed by atoms with Crippen LogP contribution < -0.4 is 9.47 Å². The molecule has 0 aliphatic carbocycles. The Morgan fingerprint density at radius 1 is 1.15 bits per heavy atom. The normalized spacial score (nSPS) is 17.5. The van der Waals surface area contributed by atoms with E-state index < -0.39 is 11.1 Å². The van der Waals surface area contributed by atoms with Crippen molar-refractivity contribution in [3.63, 3.8) is 0 Å². The van der Waals surface area contributed by atoms with Gasteiger partial charge in [-0.2, -0.15) is 0 Å². The summed E-state index contributed by atoms with van der Waals surface area (Å²) in [5, 5.41) is -0.00657. The third-order valence-electron chi connectivity index (χ3n) is 3.91. The Labute approximate surface area is 157 Å². The number of ether oxygens (including phenoxy) is 2.